The van der Waals surface area contributed by atoms with Gasteiger partial charge in [0.1, 0.15) is 5.78 Å². The van der Waals surface area contributed by atoms with E-state index in [9.17, 15) is 13.6 Å². The number of Topliss-reactive ketones (excluding diaryl/α,β-unsaturated/α-hetero) is 1. The van der Waals surface area contributed by atoms with Crippen molar-refractivity contribution >= 4 is 21.7 Å². The SMILES string of the molecule is CC(=O)Cc1ccc(C(F)F)c(Br)c1. The quantitative estimate of drug-likeness (QED) is 0.815. The average molecular weight is 263 g/mol. The molecule has 0 spiro atoms. The van der Waals surface area contributed by atoms with E-state index in [0.29, 0.717) is 4.47 Å². The van der Waals surface area contributed by atoms with E-state index in [1.54, 1.807) is 12.1 Å². The molecule has 0 bridgehead atoms. The van der Waals surface area contributed by atoms with Crippen molar-refractivity contribution in [2.75, 3.05) is 0 Å². The molecule has 1 rings (SSSR count). The molecule has 4 heteroatoms. The fourth-order valence-corrected chi connectivity index (χ4v) is 1.74. The Labute approximate surface area is 89.3 Å². The number of halogens is 3. The van der Waals surface area contributed by atoms with E-state index in [2.05, 4.69) is 15.9 Å². The molecule has 0 heterocycles. The smallest absolute Gasteiger partial charge is 0.264 e. The molecule has 76 valence electrons. The third-order valence-electron chi connectivity index (χ3n) is 1.75. The van der Waals surface area contributed by atoms with Gasteiger partial charge < -0.3 is 0 Å². The number of alkyl halides is 2. The summed E-state index contributed by atoms with van der Waals surface area (Å²) in [7, 11) is 0. The molecule has 0 saturated heterocycles. The molecule has 0 radical (unpaired) electrons. The number of carbonyl (C=O) groups excluding carboxylic acids is 1. The Kier molecular flexibility index (Phi) is 3.75. The standard InChI is InChI=1S/C10H9BrF2O/c1-6(14)4-7-2-3-8(10(12)13)9(11)5-7/h2-3,5,10H,4H2,1H3. The average Bonchev–Trinajstić information content (AvgIpc) is 2.01. The second-order valence-corrected chi connectivity index (χ2v) is 3.89. The van der Waals surface area contributed by atoms with Gasteiger partial charge in [0.25, 0.3) is 6.43 Å². The lowest BCUT2D eigenvalue weighted by Gasteiger charge is -2.05. The van der Waals surface area contributed by atoms with Crippen LogP contribution in [0.25, 0.3) is 0 Å². The highest BCUT2D eigenvalue weighted by atomic mass is 79.9. The van der Waals surface area contributed by atoms with Crippen molar-refractivity contribution in [1.29, 1.82) is 0 Å². The molecule has 0 aliphatic rings. The van der Waals surface area contributed by atoms with Crippen LogP contribution in [0, 0.1) is 0 Å². The van der Waals surface area contributed by atoms with Gasteiger partial charge in [0.2, 0.25) is 0 Å². The number of ketones is 1. The molecule has 0 aromatic heterocycles. The summed E-state index contributed by atoms with van der Waals surface area (Å²) in [5, 5.41) is 0. The maximum atomic E-state index is 12.3. The van der Waals surface area contributed by atoms with Gasteiger partial charge in [0.05, 0.1) is 0 Å². The zero-order valence-electron chi connectivity index (χ0n) is 7.56. The topological polar surface area (TPSA) is 17.1 Å². The van der Waals surface area contributed by atoms with Crippen molar-refractivity contribution in [2.24, 2.45) is 0 Å². The van der Waals surface area contributed by atoms with Crippen LogP contribution in [0.1, 0.15) is 24.5 Å². The zero-order chi connectivity index (χ0) is 10.7. The third kappa shape index (κ3) is 2.87. The largest absolute Gasteiger partial charge is 0.300 e. The van der Waals surface area contributed by atoms with Gasteiger partial charge in [-0.2, -0.15) is 0 Å². The van der Waals surface area contributed by atoms with E-state index < -0.39 is 6.43 Å². The van der Waals surface area contributed by atoms with E-state index in [1.165, 1.54) is 13.0 Å². The van der Waals surface area contributed by atoms with E-state index in [4.69, 9.17) is 0 Å². The third-order valence-corrected chi connectivity index (χ3v) is 2.44. The second-order valence-electron chi connectivity index (χ2n) is 3.04. The number of carbonyl (C=O) groups is 1. The van der Waals surface area contributed by atoms with Crippen molar-refractivity contribution in [1.82, 2.24) is 0 Å². The molecule has 0 aliphatic heterocycles. The summed E-state index contributed by atoms with van der Waals surface area (Å²) in [6.45, 7) is 1.47. The van der Waals surface area contributed by atoms with Crippen LogP contribution in [0.15, 0.2) is 22.7 Å². The minimum atomic E-state index is -2.49. The summed E-state index contributed by atoms with van der Waals surface area (Å²) in [4.78, 5) is 10.8. The first kappa shape index (κ1) is 11.3. The maximum Gasteiger partial charge on any atom is 0.264 e. The summed E-state index contributed by atoms with van der Waals surface area (Å²) in [6, 6.07) is 4.45. The number of benzene rings is 1. The monoisotopic (exact) mass is 262 g/mol. The Morgan fingerprint density at radius 3 is 2.57 bits per heavy atom. The van der Waals surface area contributed by atoms with E-state index >= 15 is 0 Å². The summed E-state index contributed by atoms with van der Waals surface area (Å²) >= 11 is 3.05. The van der Waals surface area contributed by atoms with Gasteiger partial charge in [-0.15, -0.1) is 0 Å². The van der Waals surface area contributed by atoms with Crippen LogP contribution < -0.4 is 0 Å². The normalized spacial score (nSPS) is 10.6. The fourth-order valence-electron chi connectivity index (χ4n) is 1.15. The molecule has 1 nitrogen and oxygen atoms in total. The van der Waals surface area contributed by atoms with Crippen molar-refractivity contribution < 1.29 is 13.6 Å². The van der Waals surface area contributed by atoms with Gasteiger partial charge in [-0.25, -0.2) is 8.78 Å². The molecule has 0 unspecified atom stereocenters. The van der Waals surface area contributed by atoms with Gasteiger partial charge in [0.15, 0.2) is 0 Å². The fraction of sp³-hybridized carbons (Fsp3) is 0.300. The Morgan fingerprint density at radius 1 is 1.50 bits per heavy atom. The summed E-state index contributed by atoms with van der Waals surface area (Å²) in [5.41, 5.74) is 0.700. The summed E-state index contributed by atoms with van der Waals surface area (Å²) in [6.07, 6.45) is -2.21. The minimum Gasteiger partial charge on any atom is -0.300 e. The lowest BCUT2D eigenvalue weighted by molar-refractivity contribution is -0.116. The molecule has 0 fully saturated rings. The maximum absolute atomic E-state index is 12.3. The molecule has 0 N–H and O–H groups in total. The molecular formula is C10H9BrF2O. The highest BCUT2D eigenvalue weighted by Crippen LogP contribution is 2.28. The number of hydrogen-bond acceptors (Lipinski definition) is 1. The molecule has 0 aliphatic carbocycles. The van der Waals surface area contributed by atoms with Gasteiger partial charge in [-0.1, -0.05) is 28.1 Å². The Hall–Kier alpha value is -0.770. The number of hydrogen-bond donors (Lipinski definition) is 0. The molecule has 0 saturated carbocycles. The Bertz CT molecular complexity index is 350. The van der Waals surface area contributed by atoms with Crippen molar-refractivity contribution in [2.45, 2.75) is 19.8 Å². The first-order valence-corrected chi connectivity index (χ1v) is 4.86. The van der Waals surface area contributed by atoms with Crippen LogP contribution in [0.3, 0.4) is 0 Å². The van der Waals surface area contributed by atoms with Crippen LogP contribution in [-0.4, -0.2) is 5.78 Å². The van der Waals surface area contributed by atoms with Gasteiger partial charge >= 0.3 is 0 Å². The van der Waals surface area contributed by atoms with E-state index in [-0.39, 0.29) is 17.8 Å². The molecule has 0 atom stereocenters. The lowest BCUT2D eigenvalue weighted by Crippen LogP contribution is -1.97. The minimum absolute atomic E-state index is 0.0155. The summed E-state index contributed by atoms with van der Waals surface area (Å²) in [5.74, 6) is 0.0155. The van der Waals surface area contributed by atoms with Gasteiger partial charge in [-0.3, -0.25) is 4.79 Å². The predicted octanol–water partition coefficient (Wildman–Crippen LogP) is 3.52. The Morgan fingerprint density at radius 2 is 2.14 bits per heavy atom. The van der Waals surface area contributed by atoms with E-state index in [0.717, 1.165) is 5.56 Å². The molecule has 14 heavy (non-hydrogen) atoms. The molecule has 1 aromatic carbocycles. The summed E-state index contributed by atoms with van der Waals surface area (Å²) < 4.78 is 25.0. The van der Waals surface area contributed by atoms with Crippen LogP contribution in [0.2, 0.25) is 0 Å². The first-order chi connectivity index (χ1) is 6.50. The molecule has 0 amide bonds. The van der Waals surface area contributed by atoms with Crippen LogP contribution in [-0.2, 0) is 11.2 Å². The van der Waals surface area contributed by atoms with Crippen molar-refractivity contribution in [3.63, 3.8) is 0 Å². The van der Waals surface area contributed by atoms with Crippen molar-refractivity contribution in [3.05, 3.63) is 33.8 Å². The van der Waals surface area contributed by atoms with Crippen molar-refractivity contribution in [3.8, 4) is 0 Å². The van der Waals surface area contributed by atoms with Gasteiger partial charge in [-0.05, 0) is 18.6 Å². The first-order valence-electron chi connectivity index (χ1n) is 4.06. The highest BCUT2D eigenvalue weighted by Gasteiger charge is 2.11. The van der Waals surface area contributed by atoms with Crippen LogP contribution >= 0.6 is 15.9 Å². The zero-order valence-corrected chi connectivity index (χ0v) is 9.14. The molecule has 1 aromatic rings. The Balaban J connectivity index is 2.94. The van der Waals surface area contributed by atoms with Crippen LogP contribution in [0.4, 0.5) is 8.78 Å². The predicted molar refractivity (Wildman–Crippen MR) is 53.5 cm³/mol. The van der Waals surface area contributed by atoms with E-state index in [1.807, 2.05) is 0 Å². The lowest BCUT2D eigenvalue weighted by atomic mass is 10.1. The highest BCUT2D eigenvalue weighted by molar-refractivity contribution is 9.10. The molecular weight excluding hydrogens is 254 g/mol. The second kappa shape index (κ2) is 4.64. The van der Waals surface area contributed by atoms with Crippen LogP contribution in [0.5, 0.6) is 0 Å². The van der Waals surface area contributed by atoms with Gasteiger partial charge in [0, 0.05) is 16.5 Å². The number of rotatable bonds is 3.